The number of aliphatic hydroxyl groups is 1. The summed E-state index contributed by atoms with van der Waals surface area (Å²) in [5, 5.41) is 14.0. The van der Waals surface area contributed by atoms with Crippen LogP contribution in [0, 0.1) is 6.92 Å². The molecule has 0 amide bonds. The smallest absolute Gasteiger partial charge is 0.170 e. The lowest BCUT2D eigenvalue weighted by atomic mass is 10.0. The van der Waals surface area contributed by atoms with E-state index in [1.54, 1.807) is 6.20 Å². The molecule has 3 aromatic rings. The highest BCUT2D eigenvalue weighted by atomic mass is 35.5. The standard InChI is InChI=1S/C22H22ClN3O2S/c1-14-15(6-4-7-16(14)23)18-9-10-19(28-18)21-20(17-8-2-3-11-24-17)25-22(29)26(21)12-5-13-27/h2-4,6-11,20-21,27H,5,12-13H2,1H3,(H,25,29)/t20-,21-/m0/s1. The molecule has 7 heteroatoms. The molecule has 1 saturated heterocycles. The molecule has 29 heavy (non-hydrogen) atoms. The second kappa shape index (κ2) is 8.53. The number of hydrogen-bond donors (Lipinski definition) is 2. The molecule has 150 valence electrons. The quantitative estimate of drug-likeness (QED) is 0.558. The average molecular weight is 428 g/mol. The maximum atomic E-state index is 9.32. The monoisotopic (exact) mass is 427 g/mol. The highest BCUT2D eigenvalue weighted by molar-refractivity contribution is 7.80. The zero-order valence-corrected chi connectivity index (χ0v) is 17.6. The fraction of sp³-hybridized carbons (Fsp3) is 0.273. The van der Waals surface area contributed by atoms with Gasteiger partial charge in [0.05, 0.1) is 11.7 Å². The van der Waals surface area contributed by atoms with Gasteiger partial charge in [-0.15, -0.1) is 0 Å². The number of furan rings is 1. The summed E-state index contributed by atoms with van der Waals surface area (Å²) < 4.78 is 6.31. The first-order chi connectivity index (χ1) is 14.1. The molecular formula is C22H22ClN3O2S. The van der Waals surface area contributed by atoms with E-state index in [-0.39, 0.29) is 18.7 Å². The maximum absolute atomic E-state index is 9.32. The topological polar surface area (TPSA) is 61.5 Å². The van der Waals surface area contributed by atoms with Gasteiger partial charge in [-0.25, -0.2) is 0 Å². The van der Waals surface area contributed by atoms with Gasteiger partial charge in [0.2, 0.25) is 0 Å². The van der Waals surface area contributed by atoms with E-state index in [1.165, 1.54) is 0 Å². The molecule has 3 heterocycles. The third kappa shape index (κ3) is 3.88. The molecule has 0 spiro atoms. The minimum atomic E-state index is -0.155. The van der Waals surface area contributed by atoms with Crippen molar-refractivity contribution >= 4 is 28.9 Å². The number of nitrogens with zero attached hydrogens (tertiary/aromatic N) is 2. The zero-order valence-electron chi connectivity index (χ0n) is 16.0. The van der Waals surface area contributed by atoms with Crippen molar-refractivity contribution in [3.05, 3.63) is 76.8 Å². The van der Waals surface area contributed by atoms with Crippen molar-refractivity contribution in [3.8, 4) is 11.3 Å². The van der Waals surface area contributed by atoms with E-state index in [0.717, 1.165) is 28.3 Å². The van der Waals surface area contributed by atoms with Crippen LogP contribution in [0.25, 0.3) is 11.3 Å². The Balaban J connectivity index is 1.73. The summed E-state index contributed by atoms with van der Waals surface area (Å²) in [6, 6.07) is 15.3. The molecule has 0 saturated carbocycles. The SMILES string of the molecule is Cc1c(Cl)cccc1-c1ccc([C@H]2[C@H](c3ccccn3)NC(=S)N2CCCO)o1. The largest absolute Gasteiger partial charge is 0.459 e. The van der Waals surface area contributed by atoms with E-state index in [4.69, 9.17) is 28.2 Å². The number of aromatic nitrogens is 1. The van der Waals surface area contributed by atoms with Gasteiger partial charge in [0.1, 0.15) is 17.6 Å². The van der Waals surface area contributed by atoms with E-state index in [2.05, 4.69) is 15.2 Å². The van der Waals surface area contributed by atoms with Crippen molar-refractivity contribution in [1.29, 1.82) is 0 Å². The van der Waals surface area contributed by atoms with Crippen LogP contribution in [0.2, 0.25) is 5.02 Å². The summed E-state index contributed by atoms with van der Waals surface area (Å²) in [5.41, 5.74) is 2.84. The molecule has 2 aromatic heterocycles. The first kappa shape index (κ1) is 19.9. The van der Waals surface area contributed by atoms with Crippen LogP contribution in [0.1, 0.15) is 35.5 Å². The van der Waals surface area contributed by atoms with Crippen molar-refractivity contribution < 1.29 is 9.52 Å². The van der Waals surface area contributed by atoms with E-state index >= 15 is 0 Å². The highest BCUT2D eigenvalue weighted by Gasteiger charge is 2.41. The van der Waals surface area contributed by atoms with Crippen molar-refractivity contribution in [2.24, 2.45) is 0 Å². The van der Waals surface area contributed by atoms with Crippen molar-refractivity contribution in [1.82, 2.24) is 15.2 Å². The molecule has 1 fully saturated rings. The molecule has 1 aliphatic heterocycles. The highest BCUT2D eigenvalue weighted by Crippen LogP contribution is 2.41. The van der Waals surface area contributed by atoms with Crippen LogP contribution in [0.3, 0.4) is 0 Å². The molecule has 5 nitrogen and oxygen atoms in total. The van der Waals surface area contributed by atoms with Gasteiger partial charge in [0.25, 0.3) is 0 Å². The lowest BCUT2D eigenvalue weighted by Crippen LogP contribution is -2.30. The Bertz CT molecular complexity index is 1010. The van der Waals surface area contributed by atoms with Crippen molar-refractivity contribution in [2.75, 3.05) is 13.2 Å². The first-order valence-electron chi connectivity index (χ1n) is 9.54. The van der Waals surface area contributed by atoms with Crippen LogP contribution in [0.15, 0.2) is 59.1 Å². The predicted octanol–water partition coefficient (Wildman–Crippen LogP) is 4.66. The minimum Gasteiger partial charge on any atom is -0.459 e. The third-order valence-corrected chi connectivity index (χ3v) is 5.97. The van der Waals surface area contributed by atoms with Gasteiger partial charge in [-0.1, -0.05) is 29.8 Å². The molecule has 0 unspecified atom stereocenters. The van der Waals surface area contributed by atoms with Gasteiger partial charge in [-0.3, -0.25) is 4.98 Å². The van der Waals surface area contributed by atoms with Gasteiger partial charge in [0, 0.05) is 29.9 Å². The fourth-order valence-electron chi connectivity index (χ4n) is 3.73. The van der Waals surface area contributed by atoms with Crippen molar-refractivity contribution in [2.45, 2.75) is 25.4 Å². The summed E-state index contributed by atoms with van der Waals surface area (Å²) in [5.74, 6) is 1.56. The summed E-state index contributed by atoms with van der Waals surface area (Å²) in [6.45, 7) is 2.71. The van der Waals surface area contributed by atoms with E-state index in [1.807, 2.05) is 55.5 Å². The van der Waals surface area contributed by atoms with E-state index < -0.39 is 0 Å². The number of halogens is 1. The second-order valence-corrected chi connectivity index (χ2v) is 7.81. The Morgan fingerprint density at radius 2 is 2.07 bits per heavy atom. The summed E-state index contributed by atoms with van der Waals surface area (Å²) in [6.07, 6.45) is 2.39. The normalized spacial score (nSPS) is 18.9. The Hall–Kier alpha value is -2.41. The van der Waals surface area contributed by atoms with Crippen LogP contribution in [-0.2, 0) is 0 Å². The summed E-state index contributed by atoms with van der Waals surface area (Å²) >= 11 is 11.9. The average Bonchev–Trinajstić information content (AvgIpc) is 3.33. The molecule has 0 radical (unpaired) electrons. The second-order valence-electron chi connectivity index (χ2n) is 7.01. The first-order valence-corrected chi connectivity index (χ1v) is 10.3. The molecule has 2 atom stereocenters. The zero-order chi connectivity index (χ0) is 20.4. The van der Waals surface area contributed by atoms with Gasteiger partial charge in [0.15, 0.2) is 5.11 Å². The Labute approximate surface area is 180 Å². The van der Waals surface area contributed by atoms with E-state index in [0.29, 0.717) is 23.1 Å². The number of thiocarbonyl (C=S) groups is 1. The maximum Gasteiger partial charge on any atom is 0.170 e. The van der Waals surface area contributed by atoms with E-state index in [9.17, 15) is 5.11 Å². The van der Waals surface area contributed by atoms with Crippen LogP contribution in [-0.4, -0.2) is 33.3 Å². The van der Waals surface area contributed by atoms with Gasteiger partial charge < -0.3 is 19.7 Å². The van der Waals surface area contributed by atoms with Gasteiger partial charge >= 0.3 is 0 Å². The molecule has 1 aliphatic rings. The number of rotatable bonds is 6. The minimum absolute atomic E-state index is 0.102. The lowest BCUT2D eigenvalue weighted by Gasteiger charge is -2.25. The third-order valence-electron chi connectivity index (χ3n) is 5.21. The van der Waals surface area contributed by atoms with Crippen LogP contribution in [0.4, 0.5) is 0 Å². The molecule has 4 rings (SSSR count). The lowest BCUT2D eigenvalue weighted by molar-refractivity contribution is 0.233. The van der Waals surface area contributed by atoms with Crippen LogP contribution < -0.4 is 5.32 Å². The fourth-order valence-corrected chi connectivity index (χ4v) is 4.23. The Kier molecular flexibility index (Phi) is 5.85. The number of nitrogens with one attached hydrogen (secondary N) is 1. The molecule has 1 aromatic carbocycles. The number of benzene rings is 1. The van der Waals surface area contributed by atoms with Gasteiger partial charge in [-0.05, 0) is 61.5 Å². The summed E-state index contributed by atoms with van der Waals surface area (Å²) in [7, 11) is 0. The van der Waals surface area contributed by atoms with Crippen molar-refractivity contribution in [3.63, 3.8) is 0 Å². The number of aliphatic hydroxyl groups excluding tert-OH is 1. The van der Waals surface area contributed by atoms with Gasteiger partial charge in [-0.2, -0.15) is 0 Å². The molecule has 2 N–H and O–H groups in total. The van der Waals surface area contributed by atoms with Crippen LogP contribution in [0.5, 0.6) is 0 Å². The number of hydrogen-bond acceptors (Lipinski definition) is 4. The summed E-state index contributed by atoms with van der Waals surface area (Å²) in [4.78, 5) is 6.59. The van der Waals surface area contributed by atoms with Crippen LogP contribution >= 0.6 is 23.8 Å². The predicted molar refractivity (Wildman–Crippen MR) is 118 cm³/mol. The number of pyridine rings is 1. The Morgan fingerprint density at radius 3 is 2.83 bits per heavy atom. The molecular weight excluding hydrogens is 406 g/mol. The molecule has 0 bridgehead atoms. The Morgan fingerprint density at radius 1 is 1.21 bits per heavy atom. The molecule has 0 aliphatic carbocycles.